The van der Waals surface area contributed by atoms with Crippen LogP contribution < -0.4 is 5.32 Å². The third kappa shape index (κ3) is 4.79. The first-order valence-electron chi connectivity index (χ1n) is 11.3. The van der Waals surface area contributed by atoms with Gasteiger partial charge in [-0.2, -0.15) is 15.5 Å². The van der Waals surface area contributed by atoms with Crippen LogP contribution in [0.1, 0.15) is 47.3 Å². The summed E-state index contributed by atoms with van der Waals surface area (Å²) in [5.41, 5.74) is 2.11. The van der Waals surface area contributed by atoms with Gasteiger partial charge in [-0.25, -0.2) is 27.2 Å². The fraction of sp³-hybridized carbons (Fsp3) is 0.292. The normalized spacial score (nSPS) is 14.4. The number of hydrogen-bond acceptors (Lipinski definition) is 8. The van der Waals surface area contributed by atoms with Gasteiger partial charge >= 0.3 is 0 Å². The van der Waals surface area contributed by atoms with Crippen molar-refractivity contribution in [3.05, 3.63) is 64.9 Å². The lowest BCUT2D eigenvalue weighted by Crippen LogP contribution is -2.14. The van der Waals surface area contributed by atoms with E-state index in [0.29, 0.717) is 35.0 Å². The largest absolute Gasteiger partial charge is 0.323 e. The molecule has 190 valence electrons. The standard InChI is InChI=1S/C24H22F2N8O2S/c1-12-6-19(33-32-12)29-24-20(13-4-5-13)22(14-10-28-34(2)11-14)30-23(31-24)16(9-27)21-17(25)7-15(8-18(21)26)37(3,35)36/h6-8,10-11,13,16H,4-5H2,1-3H3,(H2,29,30,31,32,33). The molecule has 0 saturated heterocycles. The molecule has 0 bridgehead atoms. The molecule has 4 aromatic rings. The molecule has 13 heteroatoms. The zero-order valence-electron chi connectivity index (χ0n) is 20.1. The minimum absolute atomic E-state index is 0.148. The molecular weight excluding hydrogens is 502 g/mol. The van der Waals surface area contributed by atoms with E-state index >= 15 is 8.78 Å². The lowest BCUT2D eigenvalue weighted by molar-refractivity contribution is 0.541. The second-order valence-corrected chi connectivity index (χ2v) is 11.1. The minimum Gasteiger partial charge on any atom is -0.323 e. The van der Waals surface area contributed by atoms with E-state index in [1.807, 2.05) is 13.0 Å². The summed E-state index contributed by atoms with van der Waals surface area (Å²) in [5, 5.41) is 24.4. The molecule has 0 aliphatic heterocycles. The van der Waals surface area contributed by atoms with Crippen molar-refractivity contribution >= 4 is 21.5 Å². The SMILES string of the molecule is Cc1cc(Nc2nc(C(C#N)c3c(F)cc(S(C)(=O)=O)cc3F)nc(-c3cnn(C)c3)c2C2CC2)n[nH]1. The first-order valence-corrected chi connectivity index (χ1v) is 13.2. The van der Waals surface area contributed by atoms with Gasteiger partial charge in [-0.1, -0.05) is 0 Å². The molecular formula is C24H22F2N8O2S. The van der Waals surface area contributed by atoms with Gasteiger partial charge in [0, 0.05) is 48.0 Å². The van der Waals surface area contributed by atoms with Gasteiger partial charge in [-0.05, 0) is 37.8 Å². The fourth-order valence-corrected chi connectivity index (χ4v) is 4.77. The highest BCUT2D eigenvalue weighted by Crippen LogP contribution is 2.48. The summed E-state index contributed by atoms with van der Waals surface area (Å²) < 4.78 is 55.5. The maximum Gasteiger partial charge on any atom is 0.175 e. The molecule has 0 radical (unpaired) electrons. The zero-order valence-corrected chi connectivity index (χ0v) is 20.9. The summed E-state index contributed by atoms with van der Waals surface area (Å²) in [7, 11) is -2.12. The van der Waals surface area contributed by atoms with E-state index < -0.39 is 37.8 Å². The van der Waals surface area contributed by atoms with Gasteiger partial charge in [0.05, 0.1) is 22.9 Å². The van der Waals surface area contributed by atoms with Gasteiger partial charge in [0.25, 0.3) is 0 Å². The van der Waals surface area contributed by atoms with E-state index in [9.17, 15) is 13.7 Å². The molecule has 37 heavy (non-hydrogen) atoms. The Labute approximate surface area is 211 Å². The first kappa shape index (κ1) is 24.5. The predicted octanol–water partition coefficient (Wildman–Crippen LogP) is 3.87. The summed E-state index contributed by atoms with van der Waals surface area (Å²) >= 11 is 0. The number of hydrogen-bond donors (Lipinski definition) is 2. The maximum absolute atomic E-state index is 15.1. The molecule has 1 aromatic carbocycles. The number of aryl methyl sites for hydroxylation is 2. The number of rotatable bonds is 7. The van der Waals surface area contributed by atoms with Crippen LogP contribution in [0.15, 0.2) is 35.5 Å². The number of nitriles is 1. The Hall–Kier alpha value is -4.18. The highest BCUT2D eigenvalue weighted by molar-refractivity contribution is 7.90. The summed E-state index contributed by atoms with van der Waals surface area (Å²) in [6, 6.07) is 5.06. The molecule has 1 aliphatic rings. The Morgan fingerprint density at radius 2 is 1.92 bits per heavy atom. The lowest BCUT2D eigenvalue weighted by Gasteiger charge is -2.18. The number of aromatic nitrogens is 6. The monoisotopic (exact) mass is 524 g/mol. The summed E-state index contributed by atoms with van der Waals surface area (Å²) in [4.78, 5) is 8.65. The number of nitrogens with zero attached hydrogens (tertiary/aromatic N) is 6. The summed E-state index contributed by atoms with van der Waals surface area (Å²) in [6.45, 7) is 1.84. The van der Waals surface area contributed by atoms with Crippen LogP contribution in [0.4, 0.5) is 20.4 Å². The Morgan fingerprint density at radius 3 is 2.43 bits per heavy atom. The van der Waals surface area contributed by atoms with Gasteiger partial charge in [0.2, 0.25) is 0 Å². The zero-order chi connectivity index (χ0) is 26.5. The topological polar surface area (TPSA) is 142 Å². The van der Waals surface area contributed by atoms with Crippen molar-refractivity contribution < 1.29 is 17.2 Å². The van der Waals surface area contributed by atoms with Crippen LogP contribution in [0.2, 0.25) is 0 Å². The first-order chi connectivity index (χ1) is 17.5. The number of nitrogens with one attached hydrogen (secondary N) is 2. The number of aromatic amines is 1. The molecule has 3 heterocycles. The van der Waals surface area contributed by atoms with Gasteiger partial charge in [-0.3, -0.25) is 9.78 Å². The number of sulfone groups is 1. The van der Waals surface area contributed by atoms with Crippen molar-refractivity contribution in [2.24, 2.45) is 7.05 Å². The van der Waals surface area contributed by atoms with Gasteiger partial charge in [0.1, 0.15) is 23.4 Å². The second-order valence-electron chi connectivity index (χ2n) is 9.07. The van der Waals surface area contributed by atoms with Crippen LogP contribution >= 0.6 is 0 Å². The van der Waals surface area contributed by atoms with Crippen molar-refractivity contribution in [3.63, 3.8) is 0 Å². The number of benzene rings is 1. The van der Waals surface area contributed by atoms with Crippen molar-refractivity contribution in [2.75, 3.05) is 11.6 Å². The average Bonchev–Trinajstić information content (AvgIpc) is 3.44. The van der Waals surface area contributed by atoms with Crippen LogP contribution in [-0.4, -0.2) is 44.6 Å². The number of H-pyrrole nitrogens is 1. The lowest BCUT2D eigenvalue weighted by atomic mass is 9.97. The molecule has 1 fully saturated rings. The second kappa shape index (κ2) is 9.04. The molecule has 10 nitrogen and oxygen atoms in total. The third-order valence-electron chi connectivity index (χ3n) is 6.04. The van der Waals surface area contributed by atoms with Crippen LogP contribution in [0.5, 0.6) is 0 Å². The highest BCUT2D eigenvalue weighted by atomic mass is 32.2. The van der Waals surface area contributed by atoms with E-state index in [0.717, 1.165) is 30.4 Å². The van der Waals surface area contributed by atoms with Crippen molar-refractivity contribution in [1.29, 1.82) is 5.26 Å². The smallest absolute Gasteiger partial charge is 0.175 e. The quantitative estimate of drug-likeness (QED) is 0.371. The Kier molecular flexibility index (Phi) is 5.99. The Bertz CT molecular complexity index is 1650. The minimum atomic E-state index is -3.87. The molecule has 2 N–H and O–H groups in total. The van der Waals surface area contributed by atoms with E-state index in [1.54, 1.807) is 30.2 Å². The predicted molar refractivity (Wildman–Crippen MR) is 130 cm³/mol. The molecule has 0 amide bonds. The molecule has 0 spiro atoms. The Balaban J connectivity index is 1.72. The molecule has 1 aliphatic carbocycles. The van der Waals surface area contributed by atoms with E-state index in [-0.39, 0.29) is 11.7 Å². The van der Waals surface area contributed by atoms with Gasteiger partial charge in [-0.15, -0.1) is 0 Å². The number of halogens is 2. The summed E-state index contributed by atoms with van der Waals surface area (Å²) in [6.07, 6.45) is 6.02. The van der Waals surface area contributed by atoms with E-state index in [2.05, 4.69) is 30.6 Å². The van der Waals surface area contributed by atoms with Crippen molar-refractivity contribution in [1.82, 2.24) is 29.9 Å². The maximum atomic E-state index is 15.1. The third-order valence-corrected chi connectivity index (χ3v) is 7.13. The van der Waals surface area contributed by atoms with Crippen LogP contribution in [0, 0.1) is 29.9 Å². The van der Waals surface area contributed by atoms with Crippen LogP contribution in [0.3, 0.4) is 0 Å². The summed E-state index contributed by atoms with van der Waals surface area (Å²) in [5.74, 6) is -3.07. The van der Waals surface area contributed by atoms with Crippen LogP contribution in [-0.2, 0) is 16.9 Å². The molecule has 3 aromatic heterocycles. The Morgan fingerprint density at radius 1 is 1.22 bits per heavy atom. The molecule has 1 atom stereocenters. The van der Waals surface area contributed by atoms with Gasteiger partial charge < -0.3 is 5.32 Å². The van der Waals surface area contributed by atoms with Crippen molar-refractivity contribution in [2.45, 2.75) is 36.5 Å². The van der Waals surface area contributed by atoms with E-state index in [1.165, 1.54) is 0 Å². The molecule has 1 unspecified atom stereocenters. The van der Waals surface area contributed by atoms with Crippen molar-refractivity contribution in [3.8, 4) is 17.3 Å². The molecule has 1 saturated carbocycles. The van der Waals surface area contributed by atoms with Crippen LogP contribution in [0.25, 0.3) is 11.3 Å². The molecule has 5 rings (SSSR count). The fourth-order valence-electron chi connectivity index (χ4n) is 4.14. The van der Waals surface area contributed by atoms with Gasteiger partial charge in [0.15, 0.2) is 21.5 Å². The average molecular weight is 525 g/mol. The number of anilines is 2. The highest BCUT2D eigenvalue weighted by Gasteiger charge is 2.34. The van der Waals surface area contributed by atoms with E-state index in [4.69, 9.17) is 0 Å².